The fraction of sp³-hybridized carbons (Fsp3) is 1.00. The zero-order chi connectivity index (χ0) is 18.2. The molecule has 0 bridgehead atoms. The molecule has 0 radical (unpaired) electrons. The van der Waals surface area contributed by atoms with Gasteiger partial charge in [-0.15, -0.1) is 0 Å². The topological polar surface area (TPSA) is 58.6 Å². The molecular formula is C17H40NO4P. The summed E-state index contributed by atoms with van der Waals surface area (Å²) in [5.74, 6) is 0. The number of nitrogens with zero attached hydrogens (tertiary/aromatic N) is 1. The summed E-state index contributed by atoms with van der Waals surface area (Å²) < 4.78 is 20.2. The molecule has 0 saturated heterocycles. The Kier molecular flexibility index (Phi) is 17.2. The van der Waals surface area contributed by atoms with Gasteiger partial charge in [0.1, 0.15) is 0 Å². The summed E-state index contributed by atoms with van der Waals surface area (Å²) in [6, 6.07) is 0. The van der Waals surface area contributed by atoms with Crippen LogP contribution in [0.4, 0.5) is 0 Å². The first kappa shape index (κ1) is 25.3. The van der Waals surface area contributed by atoms with E-state index >= 15 is 0 Å². The number of phosphoric ester groups is 1. The van der Waals surface area contributed by atoms with Gasteiger partial charge in [0.15, 0.2) is 0 Å². The largest absolute Gasteiger partial charge is 0.756 e. The minimum atomic E-state index is -3.94. The molecule has 142 valence electrons. The Bertz CT molecular complexity index is 269. The van der Waals surface area contributed by atoms with E-state index in [1.165, 1.54) is 62.6 Å². The Morgan fingerprint density at radius 2 is 1.09 bits per heavy atom. The second-order valence-corrected chi connectivity index (χ2v) is 7.54. The van der Waals surface area contributed by atoms with Gasteiger partial charge in [0, 0.05) is 0 Å². The highest BCUT2D eigenvalue weighted by Gasteiger charge is 2.18. The van der Waals surface area contributed by atoms with Crippen molar-refractivity contribution >= 4 is 7.82 Å². The van der Waals surface area contributed by atoms with Crippen LogP contribution in [0.3, 0.4) is 0 Å². The first-order valence-corrected chi connectivity index (χ1v) is 10.7. The van der Waals surface area contributed by atoms with Crippen molar-refractivity contribution in [3.63, 3.8) is 0 Å². The van der Waals surface area contributed by atoms with Crippen LogP contribution in [-0.2, 0) is 13.6 Å². The summed E-state index contributed by atoms with van der Waals surface area (Å²) in [7, 11) is -1.50. The molecule has 5 nitrogen and oxygen atoms in total. The van der Waals surface area contributed by atoms with Crippen molar-refractivity contribution in [1.82, 2.24) is 0 Å². The lowest BCUT2D eigenvalue weighted by Gasteiger charge is -2.34. The maximum atomic E-state index is 10.4. The normalized spacial score (nSPS) is 12.0. The van der Waals surface area contributed by atoms with E-state index in [2.05, 4.69) is 36.9 Å². The van der Waals surface area contributed by atoms with Gasteiger partial charge in [-0.05, 0) is 33.1 Å². The summed E-state index contributed by atoms with van der Waals surface area (Å²) in [6.07, 6.45) is 8.20. The van der Waals surface area contributed by atoms with Gasteiger partial charge < -0.3 is 18.4 Å². The zero-order valence-corrected chi connectivity index (χ0v) is 17.2. The quantitative estimate of drug-likeness (QED) is 0.365. The molecule has 0 N–H and O–H groups in total. The molecule has 0 aromatic rings. The molecular weight excluding hydrogens is 313 g/mol. The van der Waals surface area contributed by atoms with Crippen LogP contribution < -0.4 is 4.89 Å². The van der Waals surface area contributed by atoms with E-state index in [1.807, 2.05) is 0 Å². The van der Waals surface area contributed by atoms with Crippen LogP contribution in [-0.4, -0.2) is 44.4 Å². The molecule has 23 heavy (non-hydrogen) atoms. The molecule has 0 unspecified atom stereocenters. The van der Waals surface area contributed by atoms with Gasteiger partial charge in [-0.1, -0.05) is 40.0 Å². The van der Waals surface area contributed by atoms with Crippen LogP contribution in [0.1, 0.15) is 73.1 Å². The monoisotopic (exact) mass is 353 g/mol. The first-order chi connectivity index (χ1) is 10.8. The first-order valence-electron chi connectivity index (χ1n) is 9.24. The van der Waals surface area contributed by atoms with Crippen LogP contribution in [0.2, 0.25) is 0 Å². The third-order valence-corrected chi connectivity index (χ3v) is 4.88. The molecule has 0 amide bonds. The molecule has 0 aliphatic carbocycles. The average Bonchev–Trinajstić information content (AvgIpc) is 2.50. The number of rotatable bonds is 13. The van der Waals surface area contributed by atoms with Crippen molar-refractivity contribution in [2.45, 2.75) is 73.1 Å². The maximum absolute atomic E-state index is 10.4. The van der Waals surface area contributed by atoms with Gasteiger partial charge in [-0.25, -0.2) is 0 Å². The minimum Gasteiger partial charge on any atom is -0.756 e. The number of unbranched alkanes of at least 4 members (excludes halogenated alkanes) is 3. The average molecular weight is 353 g/mol. The molecule has 0 aromatic carbocycles. The lowest BCUT2D eigenvalue weighted by atomic mass is 10.2. The molecule has 0 aliphatic rings. The molecule has 0 aliphatic heterocycles. The highest BCUT2D eigenvalue weighted by Crippen LogP contribution is 2.37. The molecule has 0 spiro atoms. The summed E-state index contributed by atoms with van der Waals surface area (Å²) in [4.78, 5) is 10.4. The maximum Gasteiger partial charge on any atom is 0.267 e. The van der Waals surface area contributed by atoms with Crippen molar-refractivity contribution in [3.05, 3.63) is 0 Å². The van der Waals surface area contributed by atoms with Gasteiger partial charge in [-0.3, -0.25) is 4.57 Å². The molecule has 0 aromatic heterocycles. The van der Waals surface area contributed by atoms with Crippen molar-refractivity contribution in [2.75, 3.05) is 39.9 Å². The molecule has 0 fully saturated rings. The van der Waals surface area contributed by atoms with Gasteiger partial charge in [-0.2, -0.15) is 0 Å². The fourth-order valence-electron chi connectivity index (χ4n) is 2.31. The van der Waals surface area contributed by atoms with Crippen LogP contribution in [0.15, 0.2) is 0 Å². The predicted octanol–water partition coefficient (Wildman–Crippen LogP) is 4.36. The third kappa shape index (κ3) is 16.7. The smallest absolute Gasteiger partial charge is 0.267 e. The van der Waals surface area contributed by atoms with Crippen molar-refractivity contribution < 1.29 is 23.0 Å². The van der Waals surface area contributed by atoms with Crippen LogP contribution >= 0.6 is 7.82 Å². The van der Waals surface area contributed by atoms with Crippen LogP contribution in [0.25, 0.3) is 0 Å². The van der Waals surface area contributed by atoms with Crippen molar-refractivity contribution in [2.24, 2.45) is 0 Å². The number of hydrogen-bond donors (Lipinski definition) is 0. The Hall–Kier alpha value is 0.0700. The molecule has 0 atom stereocenters. The van der Waals surface area contributed by atoms with E-state index in [0.717, 1.165) is 0 Å². The van der Waals surface area contributed by atoms with Crippen LogP contribution in [0, 0.1) is 0 Å². The predicted molar refractivity (Wildman–Crippen MR) is 96.4 cm³/mol. The van der Waals surface area contributed by atoms with E-state index in [1.54, 1.807) is 13.8 Å². The van der Waals surface area contributed by atoms with Gasteiger partial charge in [0.2, 0.25) is 0 Å². The van der Waals surface area contributed by atoms with E-state index < -0.39 is 7.82 Å². The highest BCUT2D eigenvalue weighted by atomic mass is 31.2. The molecule has 0 heterocycles. The standard InChI is InChI=1S/C13H30N.C4H11O4P/c1-5-8-11-14(4,12-9-6-2)13-10-7-3;1-3-7-9(5,6)8-4-2/h5-13H2,1-4H3;3-4H2,1-2H3,(H,5,6)/q+1;/p-1. The van der Waals surface area contributed by atoms with Gasteiger partial charge >= 0.3 is 0 Å². The molecule has 0 rings (SSSR count). The minimum absolute atomic E-state index is 0.126. The summed E-state index contributed by atoms with van der Waals surface area (Å²) >= 11 is 0. The fourth-order valence-corrected chi connectivity index (χ4v) is 3.02. The second kappa shape index (κ2) is 15.6. The Labute approximate surface area is 144 Å². The number of hydrogen-bond acceptors (Lipinski definition) is 4. The Morgan fingerprint density at radius 3 is 1.30 bits per heavy atom. The highest BCUT2D eigenvalue weighted by molar-refractivity contribution is 7.45. The van der Waals surface area contributed by atoms with Gasteiger partial charge in [0.25, 0.3) is 7.82 Å². The second-order valence-electron chi connectivity index (χ2n) is 6.13. The third-order valence-electron chi connectivity index (χ3n) is 3.73. The summed E-state index contributed by atoms with van der Waals surface area (Å²) in [6.45, 7) is 14.5. The van der Waals surface area contributed by atoms with Crippen molar-refractivity contribution in [3.8, 4) is 0 Å². The number of phosphoric acid groups is 1. The van der Waals surface area contributed by atoms with E-state index in [0.29, 0.717) is 0 Å². The Balaban J connectivity index is 0. The molecule has 0 saturated carbocycles. The molecule has 6 heteroatoms. The summed E-state index contributed by atoms with van der Waals surface area (Å²) in [5, 5.41) is 0. The lowest BCUT2D eigenvalue weighted by molar-refractivity contribution is -0.910. The lowest BCUT2D eigenvalue weighted by Crippen LogP contribution is -2.46. The van der Waals surface area contributed by atoms with Crippen molar-refractivity contribution in [1.29, 1.82) is 0 Å². The zero-order valence-electron chi connectivity index (χ0n) is 16.3. The number of quaternary nitrogens is 1. The SMILES string of the molecule is CCCC[N+](C)(CCCC)CCCC.CCOP(=O)([O-])OCC. The van der Waals surface area contributed by atoms with Gasteiger partial charge in [0.05, 0.1) is 39.9 Å². The van der Waals surface area contributed by atoms with E-state index in [-0.39, 0.29) is 13.2 Å². The van der Waals surface area contributed by atoms with E-state index in [4.69, 9.17) is 0 Å². The van der Waals surface area contributed by atoms with E-state index in [9.17, 15) is 9.46 Å². The summed E-state index contributed by atoms with van der Waals surface area (Å²) in [5.41, 5.74) is 0. The van der Waals surface area contributed by atoms with Crippen LogP contribution in [0.5, 0.6) is 0 Å². The Morgan fingerprint density at radius 1 is 0.783 bits per heavy atom.